The Balaban J connectivity index is 0.00000242. The van der Waals surface area contributed by atoms with Crippen LogP contribution in [0.25, 0.3) is 0 Å². The largest absolute Gasteiger partial charge is 0.381 e. The van der Waals surface area contributed by atoms with Crippen LogP contribution in [0.2, 0.25) is 0 Å². The summed E-state index contributed by atoms with van der Waals surface area (Å²) in [4.78, 5) is 4.30. The number of aliphatic imine (C=N–C) groups is 1. The summed E-state index contributed by atoms with van der Waals surface area (Å²) in [5, 5.41) is 6.83. The SMILES string of the molecule is CN=C(NCCn1cccc1)NCC1(SC)CCOCC1.I. The van der Waals surface area contributed by atoms with Crippen LogP contribution in [0.15, 0.2) is 29.5 Å². The molecule has 2 rings (SSSR count). The number of guanidine groups is 1. The van der Waals surface area contributed by atoms with Crippen molar-refractivity contribution in [2.45, 2.75) is 24.1 Å². The highest BCUT2D eigenvalue weighted by Gasteiger charge is 2.31. The second kappa shape index (κ2) is 10.4. The van der Waals surface area contributed by atoms with Crippen molar-refractivity contribution in [3.63, 3.8) is 0 Å². The number of nitrogens with one attached hydrogen (secondary N) is 2. The molecule has 0 atom stereocenters. The quantitative estimate of drug-likeness (QED) is 0.406. The van der Waals surface area contributed by atoms with E-state index in [0.717, 1.165) is 51.6 Å². The van der Waals surface area contributed by atoms with E-state index in [1.807, 2.05) is 30.9 Å². The van der Waals surface area contributed by atoms with Crippen molar-refractivity contribution in [2.24, 2.45) is 4.99 Å². The normalized spacial score (nSPS) is 17.6. The van der Waals surface area contributed by atoms with E-state index in [0.29, 0.717) is 0 Å². The van der Waals surface area contributed by atoms with Gasteiger partial charge in [-0.1, -0.05) is 0 Å². The molecule has 0 unspecified atom stereocenters. The third kappa shape index (κ3) is 6.00. The van der Waals surface area contributed by atoms with Crippen LogP contribution in [0.5, 0.6) is 0 Å². The topological polar surface area (TPSA) is 50.6 Å². The first-order valence-electron chi connectivity index (χ1n) is 7.46. The summed E-state index contributed by atoms with van der Waals surface area (Å²) in [5.41, 5.74) is 0. The van der Waals surface area contributed by atoms with Gasteiger partial charge in [0.1, 0.15) is 0 Å². The van der Waals surface area contributed by atoms with Crippen LogP contribution in [-0.2, 0) is 11.3 Å². The monoisotopic (exact) mass is 438 g/mol. The molecule has 1 aromatic rings. The van der Waals surface area contributed by atoms with Crippen LogP contribution >= 0.6 is 35.7 Å². The van der Waals surface area contributed by atoms with Gasteiger partial charge in [-0.3, -0.25) is 4.99 Å². The zero-order chi connectivity index (χ0) is 15.0. The van der Waals surface area contributed by atoms with Crippen molar-refractivity contribution in [3.05, 3.63) is 24.5 Å². The summed E-state index contributed by atoms with van der Waals surface area (Å²) in [7, 11) is 1.82. The number of rotatable bonds is 6. The number of thioether (sulfide) groups is 1. The lowest BCUT2D eigenvalue weighted by molar-refractivity contribution is 0.0783. The van der Waals surface area contributed by atoms with Gasteiger partial charge in [0.25, 0.3) is 0 Å². The van der Waals surface area contributed by atoms with E-state index in [1.165, 1.54) is 0 Å². The first-order valence-corrected chi connectivity index (χ1v) is 8.69. The van der Waals surface area contributed by atoms with Gasteiger partial charge in [0.2, 0.25) is 0 Å². The van der Waals surface area contributed by atoms with Gasteiger partial charge in [0.15, 0.2) is 5.96 Å². The first kappa shape index (κ1) is 19.6. The maximum Gasteiger partial charge on any atom is 0.191 e. The second-order valence-corrected chi connectivity index (χ2v) is 6.55. The molecule has 1 aliphatic rings. The number of hydrogen-bond donors (Lipinski definition) is 2. The standard InChI is InChI=1S/C15H26N4OS.HI/c1-16-14(17-7-10-19-8-3-4-9-19)18-13-15(21-2)5-11-20-12-6-15;/h3-4,8-9H,5-7,10-13H2,1-2H3,(H2,16,17,18);1H. The summed E-state index contributed by atoms with van der Waals surface area (Å²) in [6, 6.07) is 4.08. The van der Waals surface area contributed by atoms with Crippen molar-refractivity contribution in [1.29, 1.82) is 0 Å². The zero-order valence-electron chi connectivity index (χ0n) is 13.4. The van der Waals surface area contributed by atoms with E-state index in [2.05, 4.69) is 38.8 Å². The van der Waals surface area contributed by atoms with Crippen LogP contribution in [0, 0.1) is 0 Å². The lowest BCUT2D eigenvalue weighted by Gasteiger charge is -2.36. The Hall–Kier alpha value is -0.410. The van der Waals surface area contributed by atoms with E-state index in [1.54, 1.807) is 0 Å². The minimum Gasteiger partial charge on any atom is -0.381 e. The number of halogens is 1. The number of ether oxygens (including phenoxy) is 1. The van der Waals surface area contributed by atoms with Crippen molar-refractivity contribution in [3.8, 4) is 0 Å². The molecule has 126 valence electrons. The summed E-state index contributed by atoms with van der Waals surface area (Å²) in [6.45, 7) is 4.46. The van der Waals surface area contributed by atoms with E-state index in [-0.39, 0.29) is 28.7 Å². The highest BCUT2D eigenvalue weighted by molar-refractivity contribution is 14.0. The molecule has 1 fully saturated rings. The summed E-state index contributed by atoms with van der Waals surface area (Å²) in [5.74, 6) is 0.877. The van der Waals surface area contributed by atoms with Crippen LogP contribution in [0.4, 0.5) is 0 Å². The Labute approximate surface area is 154 Å². The number of nitrogens with zero attached hydrogens (tertiary/aromatic N) is 2. The van der Waals surface area contributed by atoms with Gasteiger partial charge in [-0.05, 0) is 31.2 Å². The highest BCUT2D eigenvalue weighted by atomic mass is 127. The molecule has 0 bridgehead atoms. The van der Waals surface area contributed by atoms with E-state index in [9.17, 15) is 0 Å². The molecule has 22 heavy (non-hydrogen) atoms. The Morgan fingerprint density at radius 1 is 1.27 bits per heavy atom. The Kier molecular flexibility index (Phi) is 9.27. The van der Waals surface area contributed by atoms with Gasteiger partial charge in [-0.2, -0.15) is 11.8 Å². The second-order valence-electron chi connectivity index (χ2n) is 5.27. The predicted molar refractivity (Wildman–Crippen MR) is 106 cm³/mol. The van der Waals surface area contributed by atoms with Gasteiger partial charge in [-0.25, -0.2) is 0 Å². The van der Waals surface area contributed by atoms with Crippen molar-refractivity contribution in [2.75, 3.05) is 39.6 Å². The molecule has 2 N–H and O–H groups in total. The van der Waals surface area contributed by atoms with E-state index in [4.69, 9.17) is 4.74 Å². The molecule has 0 aromatic carbocycles. The lowest BCUT2D eigenvalue weighted by atomic mass is 9.99. The summed E-state index contributed by atoms with van der Waals surface area (Å²) >= 11 is 1.94. The van der Waals surface area contributed by atoms with E-state index >= 15 is 0 Å². The molecule has 2 heterocycles. The smallest absolute Gasteiger partial charge is 0.191 e. The third-order valence-electron chi connectivity index (χ3n) is 3.97. The minimum atomic E-state index is 0. The molecule has 1 saturated heterocycles. The fourth-order valence-corrected chi connectivity index (χ4v) is 3.28. The number of aromatic nitrogens is 1. The van der Waals surface area contributed by atoms with Crippen LogP contribution < -0.4 is 10.6 Å². The molecule has 0 amide bonds. The highest BCUT2D eigenvalue weighted by Crippen LogP contribution is 2.32. The fraction of sp³-hybridized carbons (Fsp3) is 0.667. The molecule has 1 aromatic heterocycles. The minimum absolute atomic E-state index is 0. The van der Waals surface area contributed by atoms with Crippen LogP contribution in [0.3, 0.4) is 0 Å². The molecule has 1 aliphatic heterocycles. The average molecular weight is 438 g/mol. The first-order chi connectivity index (χ1) is 10.3. The molecule has 0 radical (unpaired) electrons. The summed E-state index contributed by atoms with van der Waals surface area (Å²) in [6.07, 6.45) is 8.53. The van der Waals surface area contributed by atoms with Crippen molar-refractivity contribution in [1.82, 2.24) is 15.2 Å². The molecule has 7 heteroatoms. The molecule has 0 spiro atoms. The lowest BCUT2D eigenvalue weighted by Crippen LogP contribution is -2.48. The maximum atomic E-state index is 5.48. The van der Waals surface area contributed by atoms with Gasteiger partial charge < -0.3 is 19.9 Å². The van der Waals surface area contributed by atoms with Crippen LogP contribution in [0.1, 0.15) is 12.8 Å². The number of hydrogen-bond acceptors (Lipinski definition) is 3. The van der Waals surface area contributed by atoms with Gasteiger partial charge in [0.05, 0.1) is 0 Å². The van der Waals surface area contributed by atoms with Gasteiger partial charge in [-0.15, -0.1) is 24.0 Å². The fourth-order valence-electron chi connectivity index (χ4n) is 2.48. The Morgan fingerprint density at radius 3 is 2.55 bits per heavy atom. The average Bonchev–Trinajstić information content (AvgIpc) is 3.05. The Bertz CT molecular complexity index is 433. The van der Waals surface area contributed by atoms with Crippen molar-refractivity contribution < 1.29 is 4.74 Å². The molecular formula is C15H27IN4OS. The molecule has 0 saturated carbocycles. The molecular weight excluding hydrogens is 411 g/mol. The van der Waals surface area contributed by atoms with Gasteiger partial charge in [0, 0.05) is 57.0 Å². The predicted octanol–water partition coefficient (Wildman–Crippen LogP) is 2.18. The summed E-state index contributed by atoms with van der Waals surface area (Å²) < 4.78 is 7.91. The molecule has 0 aliphatic carbocycles. The Morgan fingerprint density at radius 2 is 1.95 bits per heavy atom. The van der Waals surface area contributed by atoms with E-state index < -0.39 is 0 Å². The zero-order valence-corrected chi connectivity index (χ0v) is 16.5. The van der Waals surface area contributed by atoms with Crippen LogP contribution in [-0.4, -0.2) is 54.9 Å². The van der Waals surface area contributed by atoms with Crippen molar-refractivity contribution >= 4 is 41.7 Å². The van der Waals surface area contributed by atoms with Gasteiger partial charge >= 0.3 is 0 Å². The maximum absolute atomic E-state index is 5.48. The third-order valence-corrected chi connectivity index (χ3v) is 5.39. The molecule has 5 nitrogen and oxygen atoms in total.